The van der Waals surface area contributed by atoms with E-state index in [1.807, 2.05) is 31.3 Å². The number of benzene rings is 1. The summed E-state index contributed by atoms with van der Waals surface area (Å²) in [6.45, 7) is 1.46. The Balaban J connectivity index is 2.12. The fraction of sp³-hybridized carbons (Fsp3) is 0.357. The van der Waals surface area contributed by atoms with Crippen LogP contribution in [-0.4, -0.2) is 26.0 Å². The van der Waals surface area contributed by atoms with Gasteiger partial charge in [-0.1, -0.05) is 18.2 Å². The van der Waals surface area contributed by atoms with Crippen LogP contribution in [0.1, 0.15) is 28.8 Å². The minimum atomic E-state index is 0.178. The number of ether oxygens (including phenoxy) is 1. The van der Waals surface area contributed by atoms with Gasteiger partial charge in [0.05, 0.1) is 12.2 Å². The zero-order chi connectivity index (χ0) is 12.1. The van der Waals surface area contributed by atoms with Crippen LogP contribution in [-0.2, 0) is 0 Å². The number of hydrogen-bond acceptors (Lipinski definition) is 3. The quantitative estimate of drug-likeness (QED) is 0.808. The summed E-state index contributed by atoms with van der Waals surface area (Å²) < 4.78 is 5.44. The molecule has 1 N–H and O–H groups in total. The molecular formula is C14H17NO2. The molecule has 0 atom stereocenters. The van der Waals surface area contributed by atoms with Crippen LogP contribution in [0.15, 0.2) is 24.3 Å². The summed E-state index contributed by atoms with van der Waals surface area (Å²) >= 11 is 0. The van der Waals surface area contributed by atoms with Crippen molar-refractivity contribution in [3.8, 4) is 5.75 Å². The molecule has 0 spiro atoms. The van der Waals surface area contributed by atoms with E-state index < -0.39 is 0 Å². The predicted molar refractivity (Wildman–Crippen MR) is 68.5 cm³/mol. The molecule has 1 aliphatic heterocycles. The van der Waals surface area contributed by atoms with Crippen LogP contribution in [0.5, 0.6) is 5.75 Å². The van der Waals surface area contributed by atoms with Gasteiger partial charge in [-0.15, -0.1) is 0 Å². The van der Waals surface area contributed by atoms with Crippen LogP contribution in [0.3, 0.4) is 0 Å². The lowest BCUT2D eigenvalue weighted by molar-refractivity contribution is 0.0933. The molecule has 1 aromatic carbocycles. The number of carbonyl (C=O) groups is 1. The second-order valence-electron chi connectivity index (χ2n) is 4.07. The Morgan fingerprint density at radius 3 is 3.18 bits per heavy atom. The molecular weight excluding hydrogens is 214 g/mol. The molecule has 0 saturated heterocycles. The highest BCUT2D eigenvalue weighted by Gasteiger charge is 2.17. The van der Waals surface area contributed by atoms with Crippen molar-refractivity contribution in [3.63, 3.8) is 0 Å². The maximum Gasteiger partial charge on any atom is 0.170 e. The van der Waals surface area contributed by atoms with Crippen molar-refractivity contribution in [3.05, 3.63) is 35.4 Å². The monoisotopic (exact) mass is 231 g/mol. The SMILES string of the molecule is CNCCC=Cc1ccc2c(c1)C(=O)CCO2. The van der Waals surface area contributed by atoms with Gasteiger partial charge in [-0.3, -0.25) is 4.79 Å². The van der Waals surface area contributed by atoms with Crippen LogP contribution in [0.25, 0.3) is 6.08 Å². The number of carbonyl (C=O) groups excluding carboxylic acids is 1. The lowest BCUT2D eigenvalue weighted by atomic mass is 10.0. The topological polar surface area (TPSA) is 38.3 Å². The molecule has 1 aliphatic rings. The van der Waals surface area contributed by atoms with Crippen LogP contribution >= 0.6 is 0 Å². The molecule has 0 radical (unpaired) electrons. The largest absolute Gasteiger partial charge is 0.492 e. The van der Waals surface area contributed by atoms with Crippen LogP contribution < -0.4 is 10.1 Å². The van der Waals surface area contributed by atoms with Gasteiger partial charge in [0, 0.05) is 6.42 Å². The fourth-order valence-corrected chi connectivity index (χ4v) is 1.83. The summed E-state index contributed by atoms with van der Waals surface area (Å²) in [5.41, 5.74) is 1.77. The Kier molecular flexibility index (Phi) is 3.94. The predicted octanol–water partition coefficient (Wildman–Crippen LogP) is 2.27. The van der Waals surface area contributed by atoms with Gasteiger partial charge < -0.3 is 10.1 Å². The maximum atomic E-state index is 11.7. The highest BCUT2D eigenvalue weighted by Crippen LogP contribution is 2.26. The molecule has 0 unspecified atom stereocenters. The van der Waals surface area contributed by atoms with Gasteiger partial charge in [0.2, 0.25) is 0 Å². The highest BCUT2D eigenvalue weighted by molar-refractivity contribution is 6.00. The summed E-state index contributed by atoms with van der Waals surface area (Å²) in [5.74, 6) is 0.894. The van der Waals surface area contributed by atoms with Crippen molar-refractivity contribution in [2.45, 2.75) is 12.8 Å². The van der Waals surface area contributed by atoms with E-state index in [9.17, 15) is 4.79 Å². The number of hydrogen-bond donors (Lipinski definition) is 1. The first-order chi connectivity index (χ1) is 8.31. The van der Waals surface area contributed by atoms with Gasteiger partial charge in [0.15, 0.2) is 5.78 Å². The maximum absolute atomic E-state index is 11.7. The minimum absolute atomic E-state index is 0.178. The molecule has 0 aromatic heterocycles. The Bertz CT molecular complexity index is 438. The number of Topliss-reactive ketones (excluding diaryl/α,β-unsaturated/α-hetero) is 1. The van der Waals surface area contributed by atoms with Crippen molar-refractivity contribution in [2.24, 2.45) is 0 Å². The zero-order valence-electron chi connectivity index (χ0n) is 10.0. The molecule has 1 heterocycles. The summed E-state index contributed by atoms with van der Waals surface area (Å²) in [4.78, 5) is 11.7. The zero-order valence-corrected chi connectivity index (χ0v) is 10.0. The molecule has 17 heavy (non-hydrogen) atoms. The van der Waals surface area contributed by atoms with Gasteiger partial charge in [0.25, 0.3) is 0 Å². The van der Waals surface area contributed by atoms with Crippen molar-refractivity contribution in [2.75, 3.05) is 20.2 Å². The van der Waals surface area contributed by atoms with E-state index in [0.29, 0.717) is 24.3 Å². The van der Waals surface area contributed by atoms with Crippen molar-refractivity contribution in [1.82, 2.24) is 5.32 Å². The third kappa shape index (κ3) is 2.94. The molecule has 0 bridgehead atoms. The number of fused-ring (bicyclic) bond motifs is 1. The number of ketones is 1. The smallest absolute Gasteiger partial charge is 0.170 e. The van der Waals surface area contributed by atoms with E-state index in [1.165, 1.54) is 0 Å². The Morgan fingerprint density at radius 1 is 1.47 bits per heavy atom. The Morgan fingerprint density at radius 2 is 2.35 bits per heavy atom. The molecule has 3 heteroatoms. The first kappa shape index (κ1) is 11.9. The summed E-state index contributed by atoms with van der Waals surface area (Å²) in [7, 11) is 1.93. The van der Waals surface area contributed by atoms with E-state index >= 15 is 0 Å². The molecule has 0 fully saturated rings. The number of rotatable bonds is 4. The molecule has 90 valence electrons. The van der Waals surface area contributed by atoms with E-state index in [1.54, 1.807) is 0 Å². The van der Waals surface area contributed by atoms with Gasteiger partial charge in [-0.25, -0.2) is 0 Å². The van der Waals surface area contributed by atoms with E-state index in [0.717, 1.165) is 18.5 Å². The minimum Gasteiger partial charge on any atom is -0.492 e. The first-order valence-corrected chi connectivity index (χ1v) is 5.92. The van der Waals surface area contributed by atoms with Gasteiger partial charge >= 0.3 is 0 Å². The fourth-order valence-electron chi connectivity index (χ4n) is 1.83. The van der Waals surface area contributed by atoms with Crippen LogP contribution in [0, 0.1) is 0 Å². The van der Waals surface area contributed by atoms with E-state index in [4.69, 9.17) is 4.74 Å². The second kappa shape index (κ2) is 5.64. The van der Waals surface area contributed by atoms with Crippen LogP contribution in [0.4, 0.5) is 0 Å². The molecule has 0 saturated carbocycles. The standard InChI is InChI=1S/C14H17NO2/c1-15-8-3-2-4-11-5-6-14-12(10-11)13(16)7-9-17-14/h2,4-6,10,15H,3,7-9H2,1H3. The summed E-state index contributed by atoms with van der Waals surface area (Å²) in [6, 6.07) is 5.77. The highest BCUT2D eigenvalue weighted by atomic mass is 16.5. The second-order valence-corrected chi connectivity index (χ2v) is 4.07. The van der Waals surface area contributed by atoms with E-state index in [2.05, 4.69) is 11.4 Å². The third-order valence-electron chi connectivity index (χ3n) is 2.76. The summed E-state index contributed by atoms with van der Waals surface area (Å²) in [6.07, 6.45) is 5.61. The average Bonchev–Trinajstić information content (AvgIpc) is 2.36. The number of nitrogens with one attached hydrogen (secondary N) is 1. The Labute approximate surface area is 101 Å². The van der Waals surface area contributed by atoms with Crippen molar-refractivity contribution < 1.29 is 9.53 Å². The molecule has 3 nitrogen and oxygen atoms in total. The third-order valence-corrected chi connectivity index (χ3v) is 2.76. The van der Waals surface area contributed by atoms with Crippen molar-refractivity contribution in [1.29, 1.82) is 0 Å². The first-order valence-electron chi connectivity index (χ1n) is 5.92. The van der Waals surface area contributed by atoms with Gasteiger partial charge in [0.1, 0.15) is 5.75 Å². The summed E-state index contributed by atoms with van der Waals surface area (Å²) in [5, 5.41) is 3.09. The van der Waals surface area contributed by atoms with Gasteiger partial charge in [-0.2, -0.15) is 0 Å². The van der Waals surface area contributed by atoms with E-state index in [-0.39, 0.29) is 5.78 Å². The van der Waals surface area contributed by atoms with Crippen LogP contribution in [0.2, 0.25) is 0 Å². The lowest BCUT2D eigenvalue weighted by Gasteiger charge is -2.16. The molecule has 0 amide bonds. The lowest BCUT2D eigenvalue weighted by Crippen LogP contribution is -2.15. The average molecular weight is 231 g/mol. The molecule has 1 aromatic rings. The molecule has 0 aliphatic carbocycles. The normalized spacial score (nSPS) is 14.8. The molecule has 2 rings (SSSR count). The van der Waals surface area contributed by atoms with Crippen molar-refractivity contribution >= 4 is 11.9 Å². The van der Waals surface area contributed by atoms with Gasteiger partial charge in [-0.05, 0) is 37.7 Å². The Hall–Kier alpha value is -1.61.